The van der Waals surface area contributed by atoms with Gasteiger partial charge >= 0.3 is 0 Å². The van der Waals surface area contributed by atoms with Crippen molar-refractivity contribution < 1.29 is 24.1 Å². The van der Waals surface area contributed by atoms with Gasteiger partial charge in [0.2, 0.25) is 11.8 Å². The molecule has 0 bridgehead atoms. The molecule has 2 fully saturated rings. The summed E-state index contributed by atoms with van der Waals surface area (Å²) in [4.78, 5) is 21.3. The van der Waals surface area contributed by atoms with E-state index in [1.807, 2.05) is 29.2 Å². The van der Waals surface area contributed by atoms with Crippen LogP contribution in [0.2, 0.25) is 5.02 Å². The summed E-state index contributed by atoms with van der Waals surface area (Å²) in [6, 6.07) is 11.9. The number of hydrogen-bond acceptors (Lipinski definition) is 7. The molecule has 37 heavy (non-hydrogen) atoms. The summed E-state index contributed by atoms with van der Waals surface area (Å²) >= 11 is 6.61. The van der Waals surface area contributed by atoms with E-state index < -0.39 is 24.4 Å². The first-order valence-electron chi connectivity index (χ1n) is 12.2. The van der Waals surface area contributed by atoms with Gasteiger partial charge in [0.15, 0.2) is 6.10 Å². The fraction of sp³-hybridized carbons (Fsp3) is 0.370. The molecule has 3 aliphatic rings. The maximum absolute atomic E-state index is 11.6. The smallest absolute Gasteiger partial charge is 0.219 e. The zero-order valence-electron chi connectivity index (χ0n) is 20.1. The summed E-state index contributed by atoms with van der Waals surface area (Å²) in [6.45, 7) is 3.36. The molecule has 0 aliphatic carbocycles. The SMILES string of the molecule is CC(=O)N1CC=C(c2ccc(-c3nc4c(C#N)c(O[C@@H]5CO[C@H]6[C@@H]5OC[C@H]6O)[nH]c4cc3Cl)cc2)CC1. The summed E-state index contributed by atoms with van der Waals surface area (Å²) in [6.07, 6.45) is 0.923. The van der Waals surface area contributed by atoms with Crippen LogP contribution in [0.25, 0.3) is 27.9 Å². The summed E-state index contributed by atoms with van der Waals surface area (Å²) in [7, 11) is 0. The molecule has 1 aromatic carbocycles. The molecule has 3 aromatic rings. The van der Waals surface area contributed by atoms with Gasteiger partial charge in [-0.3, -0.25) is 4.79 Å². The zero-order valence-corrected chi connectivity index (χ0v) is 20.9. The Morgan fingerprint density at radius 3 is 2.70 bits per heavy atom. The molecule has 0 spiro atoms. The average molecular weight is 521 g/mol. The van der Waals surface area contributed by atoms with E-state index in [1.54, 1.807) is 13.0 Å². The second-order valence-corrected chi connectivity index (χ2v) is 9.90. The Balaban J connectivity index is 1.27. The predicted molar refractivity (Wildman–Crippen MR) is 136 cm³/mol. The van der Waals surface area contributed by atoms with Crippen LogP contribution in [0.3, 0.4) is 0 Å². The first-order chi connectivity index (χ1) is 17.9. The van der Waals surface area contributed by atoms with E-state index in [0.717, 1.165) is 17.5 Å². The van der Waals surface area contributed by atoms with Gasteiger partial charge in [-0.1, -0.05) is 41.9 Å². The number of fused-ring (bicyclic) bond motifs is 2. The number of pyridine rings is 1. The minimum Gasteiger partial charge on any atom is -0.469 e. The topological polar surface area (TPSA) is 121 Å². The van der Waals surface area contributed by atoms with Crippen LogP contribution in [0.5, 0.6) is 5.88 Å². The van der Waals surface area contributed by atoms with Crippen LogP contribution < -0.4 is 4.74 Å². The first-order valence-corrected chi connectivity index (χ1v) is 12.6. The number of halogens is 1. The van der Waals surface area contributed by atoms with Crippen molar-refractivity contribution in [2.45, 2.75) is 37.8 Å². The van der Waals surface area contributed by atoms with Gasteiger partial charge in [0, 0.05) is 25.6 Å². The van der Waals surface area contributed by atoms with E-state index in [-0.39, 0.29) is 30.6 Å². The van der Waals surface area contributed by atoms with Crippen molar-refractivity contribution in [2.75, 3.05) is 26.3 Å². The van der Waals surface area contributed by atoms with Gasteiger partial charge in [-0.25, -0.2) is 4.98 Å². The summed E-state index contributed by atoms with van der Waals surface area (Å²) in [5, 5.41) is 20.3. The number of H-pyrrole nitrogens is 1. The standard InChI is InChI=1S/C27H25ClN4O5/c1-14(33)32-8-6-16(7-9-32)15-2-4-17(5-3-15)23-19(28)10-20-24(31-23)18(11-29)27(30-20)37-22-13-36-25-21(34)12-35-26(22)25/h2-6,10,21-22,25-26,30,34H,7-9,12-13H2,1H3/t21-,22-,25-,26-/m1/s1. The number of nitriles is 1. The number of aromatic amines is 1. The van der Waals surface area contributed by atoms with Crippen LogP contribution in [-0.2, 0) is 14.3 Å². The van der Waals surface area contributed by atoms with Gasteiger partial charge in [0.05, 0.1) is 29.4 Å². The molecule has 2 aromatic heterocycles. The van der Waals surface area contributed by atoms with Crippen LogP contribution in [0.4, 0.5) is 0 Å². The molecular formula is C27H25ClN4O5. The molecule has 6 rings (SSSR count). The predicted octanol–water partition coefficient (Wildman–Crippen LogP) is 3.30. The maximum atomic E-state index is 11.6. The van der Waals surface area contributed by atoms with E-state index in [0.29, 0.717) is 34.8 Å². The number of carbonyl (C=O) groups is 1. The fourth-order valence-corrected chi connectivity index (χ4v) is 5.48. The fourth-order valence-electron chi connectivity index (χ4n) is 5.22. The number of aromatic nitrogens is 2. The Morgan fingerprint density at radius 1 is 1.24 bits per heavy atom. The molecule has 190 valence electrons. The van der Waals surface area contributed by atoms with E-state index in [4.69, 9.17) is 30.8 Å². The molecule has 9 nitrogen and oxygen atoms in total. The lowest BCUT2D eigenvalue weighted by Gasteiger charge is -2.25. The Bertz CT molecular complexity index is 1440. The van der Waals surface area contributed by atoms with Crippen molar-refractivity contribution in [1.29, 1.82) is 5.26 Å². The lowest BCUT2D eigenvalue weighted by atomic mass is 9.97. The molecule has 3 aliphatic heterocycles. The van der Waals surface area contributed by atoms with Crippen LogP contribution >= 0.6 is 11.6 Å². The Labute approximate surface area is 218 Å². The lowest BCUT2D eigenvalue weighted by molar-refractivity contribution is -0.128. The van der Waals surface area contributed by atoms with Gasteiger partial charge in [0.25, 0.3) is 0 Å². The monoisotopic (exact) mass is 520 g/mol. The molecule has 1 amide bonds. The van der Waals surface area contributed by atoms with Crippen molar-refractivity contribution in [3.05, 3.63) is 52.6 Å². The van der Waals surface area contributed by atoms with Gasteiger partial charge < -0.3 is 29.2 Å². The van der Waals surface area contributed by atoms with E-state index in [9.17, 15) is 15.2 Å². The minimum atomic E-state index is -0.684. The zero-order chi connectivity index (χ0) is 25.7. The van der Waals surface area contributed by atoms with Gasteiger partial charge in [-0.05, 0) is 23.6 Å². The average Bonchev–Trinajstić information content (AvgIpc) is 3.58. The molecule has 5 heterocycles. The Hall–Kier alpha value is -3.42. The highest BCUT2D eigenvalue weighted by Gasteiger charge is 2.48. The van der Waals surface area contributed by atoms with Crippen LogP contribution in [0, 0.1) is 11.3 Å². The summed E-state index contributed by atoms with van der Waals surface area (Å²) in [5.41, 5.74) is 5.00. The highest BCUT2D eigenvalue weighted by Crippen LogP contribution is 2.36. The second-order valence-electron chi connectivity index (χ2n) is 9.50. The first kappa shape index (κ1) is 23.9. The van der Waals surface area contributed by atoms with Gasteiger partial charge in [-0.15, -0.1) is 0 Å². The molecule has 2 N–H and O–H groups in total. The number of aliphatic hydroxyl groups excluding tert-OH is 1. The number of ether oxygens (including phenoxy) is 3. The number of amides is 1. The number of carbonyl (C=O) groups excluding carboxylic acids is 1. The van der Waals surface area contributed by atoms with Crippen LogP contribution in [0.15, 0.2) is 36.4 Å². The van der Waals surface area contributed by atoms with E-state index in [2.05, 4.69) is 17.1 Å². The Morgan fingerprint density at radius 2 is 2.00 bits per heavy atom. The van der Waals surface area contributed by atoms with Crippen molar-refractivity contribution in [1.82, 2.24) is 14.9 Å². The number of hydrogen-bond donors (Lipinski definition) is 2. The summed E-state index contributed by atoms with van der Waals surface area (Å²) < 4.78 is 17.3. The minimum absolute atomic E-state index is 0.0863. The number of aliphatic hydroxyl groups is 1. The highest BCUT2D eigenvalue weighted by atomic mass is 35.5. The van der Waals surface area contributed by atoms with Crippen molar-refractivity contribution in [3.63, 3.8) is 0 Å². The normalized spacial score (nSPS) is 25.1. The molecular weight excluding hydrogens is 496 g/mol. The number of nitrogens with one attached hydrogen (secondary N) is 1. The highest BCUT2D eigenvalue weighted by molar-refractivity contribution is 6.33. The number of benzene rings is 1. The quantitative estimate of drug-likeness (QED) is 0.541. The number of rotatable bonds is 4. The van der Waals surface area contributed by atoms with Crippen molar-refractivity contribution >= 4 is 34.1 Å². The third kappa shape index (κ3) is 4.26. The van der Waals surface area contributed by atoms with Gasteiger partial charge in [0.1, 0.15) is 35.5 Å². The molecule has 4 atom stereocenters. The van der Waals surface area contributed by atoms with E-state index in [1.165, 1.54) is 5.57 Å². The third-order valence-corrected chi connectivity index (χ3v) is 7.52. The van der Waals surface area contributed by atoms with Gasteiger partial charge in [-0.2, -0.15) is 5.26 Å². The summed E-state index contributed by atoms with van der Waals surface area (Å²) in [5.74, 6) is 0.361. The van der Waals surface area contributed by atoms with Crippen LogP contribution in [0.1, 0.15) is 24.5 Å². The van der Waals surface area contributed by atoms with E-state index >= 15 is 0 Å². The van der Waals surface area contributed by atoms with Crippen molar-refractivity contribution in [2.24, 2.45) is 0 Å². The molecule has 10 heteroatoms. The Kier molecular flexibility index (Phi) is 6.13. The molecule has 0 unspecified atom stereocenters. The molecule has 0 radical (unpaired) electrons. The maximum Gasteiger partial charge on any atom is 0.219 e. The molecule has 2 saturated heterocycles. The lowest BCUT2D eigenvalue weighted by Crippen LogP contribution is -2.34. The number of nitrogens with zero attached hydrogens (tertiary/aromatic N) is 3. The van der Waals surface area contributed by atoms with Crippen LogP contribution in [-0.4, -0.2) is 76.6 Å². The molecule has 0 saturated carbocycles. The third-order valence-electron chi connectivity index (χ3n) is 7.23. The largest absolute Gasteiger partial charge is 0.469 e. The second kappa shape index (κ2) is 9.47. The van der Waals surface area contributed by atoms with Crippen molar-refractivity contribution in [3.8, 4) is 23.2 Å².